The number of carbonyl (C=O) groups is 1. The van der Waals surface area contributed by atoms with Gasteiger partial charge in [0.2, 0.25) is 0 Å². The third-order valence-electron chi connectivity index (χ3n) is 3.19. The first-order valence-electron chi connectivity index (χ1n) is 7.03. The van der Waals surface area contributed by atoms with E-state index in [1.165, 1.54) is 0 Å². The van der Waals surface area contributed by atoms with E-state index in [0.29, 0.717) is 11.3 Å². The molecule has 110 valence electrons. The van der Waals surface area contributed by atoms with E-state index in [9.17, 15) is 9.90 Å². The van der Waals surface area contributed by atoms with E-state index >= 15 is 0 Å². The van der Waals surface area contributed by atoms with Crippen LogP contribution < -0.4 is 0 Å². The van der Waals surface area contributed by atoms with Gasteiger partial charge in [0.05, 0.1) is 5.56 Å². The quantitative estimate of drug-likeness (QED) is 0.641. The maximum Gasteiger partial charge on any atom is 0.338 e. The van der Waals surface area contributed by atoms with Crippen molar-refractivity contribution in [3.63, 3.8) is 0 Å². The summed E-state index contributed by atoms with van der Waals surface area (Å²) in [7, 11) is 0. The summed E-state index contributed by atoms with van der Waals surface area (Å²) in [5.41, 5.74) is 2.07. The van der Waals surface area contributed by atoms with E-state index < -0.39 is 0 Å². The van der Waals surface area contributed by atoms with Crippen molar-refractivity contribution in [1.82, 2.24) is 0 Å². The molecule has 0 amide bonds. The van der Waals surface area contributed by atoms with Crippen LogP contribution in [0.5, 0.6) is 5.75 Å². The molecule has 3 nitrogen and oxygen atoms in total. The van der Waals surface area contributed by atoms with Crippen molar-refractivity contribution in [3.05, 3.63) is 41.0 Å². The molecule has 0 aromatic heterocycles. The molecule has 0 unspecified atom stereocenters. The molecule has 1 aromatic carbocycles. The van der Waals surface area contributed by atoms with Crippen LogP contribution in [0.1, 0.15) is 67.9 Å². The van der Waals surface area contributed by atoms with Crippen molar-refractivity contribution in [2.45, 2.75) is 46.5 Å². The van der Waals surface area contributed by atoms with Crippen LogP contribution in [-0.2, 0) is 4.74 Å². The average Bonchev–Trinajstić information content (AvgIpc) is 2.38. The number of hydrogen-bond donors (Lipinski definition) is 1. The topological polar surface area (TPSA) is 46.5 Å². The zero-order valence-electron chi connectivity index (χ0n) is 12.9. The Kier molecular flexibility index (Phi) is 5.81. The Bertz CT molecular complexity index is 470. The minimum atomic E-state index is -0.355. The zero-order chi connectivity index (χ0) is 15.3. The molecule has 0 fully saturated rings. The number of carbonyl (C=O) groups excluding carboxylic acids is 1. The average molecular weight is 276 g/mol. The number of aromatic hydroxyl groups is 1. The van der Waals surface area contributed by atoms with Crippen LogP contribution in [0.25, 0.3) is 0 Å². The van der Waals surface area contributed by atoms with Gasteiger partial charge < -0.3 is 9.84 Å². The Balaban J connectivity index is 3.17. The SMILES string of the molecule is CC=CCOC(=O)c1cc(C(C)C)c(O)c(C(C)C)c1. The van der Waals surface area contributed by atoms with Gasteiger partial charge in [-0.15, -0.1) is 0 Å². The lowest BCUT2D eigenvalue weighted by atomic mass is 9.91. The molecule has 0 saturated carbocycles. The Morgan fingerprint density at radius 1 is 1.20 bits per heavy atom. The summed E-state index contributed by atoms with van der Waals surface area (Å²) in [5.74, 6) is 0.235. The zero-order valence-corrected chi connectivity index (χ0v) is 12.9. The van der Waals surface area contributed by atoms with Crippen molar-refractivity contribution < 1.29 is 14.6 Å². The highest BCUT2D eigenvalue weighted by atomic mass is 16.5. The second-order valence-electron chi connectivity index (χ2n) is 5.48. The van der Waals surface area contributed by atoms with E-state index in [4.69, 9.17) is 4.74 Å². The molecule has 3 heteroatoms. The molecule has 0 aliphatic carbocycles. The molecule has 1 N–H and O–H groups in total. The molecule has 0 aliphatic heterocycles. The molecule has 1 rings (SSSR count). The normalized spacial score (nSPS) is 11.6. The summed E-state index contributed by atoms with van der Waals surface area (Å²) in [4.78, 5) is 12.0. The molecule has 0 aliphatic rings. The van der Waals surface area contributed by atoms with Crippen molar-refractivity contribution in [3.8, 4) is 5.75 Å². The van der Waals surface area contributed by atoms with Crippen LogP contribution in [0.15, 0.2) is 24.3 Å². The molecule has 0 spiro atoms. The van der Waals surface area contributed by atoms with Crippen molar-refractivity contribution >= 4 is 5.97 Å². The van der Waals surface area contributed by atoms with Gasteiger partial charge in [0, 0.05) is 0 Å². The Hall–Kier alpha value is -1.77. The minimum Gasteiger partial charge on any atom is -0.507 e. The third-order valence-corrected chi connectivity index (χ3v) is 3.19. The fourth-order valence-electron chi connectivity index (χ4n) is 1.98. The molecular weight excluding hydrogens is 252 g/mol. The Morgan fingerprint density at radius 2 is 1.70 bits per heavy atom. The van der Waals surface area contributed by atoms with Gasteiger partial charge >= 0.3 is 5.97 Å². The number of phenols is 1. The summed E-state index contributed by atoms with van der Waals surface area (Å²) < 4.78 is 5.17. The van der Waals surface area contributed by atoms with Crippen LogP contribution in [0.3, 0.4) is 0 Å². The van der Waals surface area contributed by atoms with Gasteiger partial charge in [-0.05, 0) is 42.0 Å². The number of benzene rings is 1. The van der Waals surface area contributed by atoms with Gasteiger partial charge in [-0.2, -0.15) is 0 Å². The first kappa shape index (κ1) is 16.3. The minimum absolute atomic E-state index is 0.149. The number of rotatable bonds is 5. The van der Waals surface area contributed by atoms with Crippen LogP contribution >= 0.6 is 0 Å². The van der Waals surface area contributed by atoms with Gasteiger partial charge in [0.1, 0.15) is 12.4 Å². The summed E-state index contributed by atoms with van der Waals surface area (Å²) in [6, 6.07) is 3.45. The summed E-state index contributed by atoms with van der Waals surface area (Å²) in [6.45, 7) is 10.1. The highest BCUT2D eigenvalue weighted by Gasteiger charge is 2.18. The van der Waals surface area contributed by atoms with E-state index in [1.54, 1.807) is 18.2 Å². The van der Waals surface area contributed by atoms with E-state index in [0.717, 1.165) is 11.1 Å². The molecule has 20 heavy (non-hydrogen) atoms. The summed E-state index contributed by atoms with van der Waals surface area (Å²) in [6.07, 6.45) is 3.62. The van der Waals surface area contributed by atoms with Crippen LogP contribution in [0, 0.1) is 0 Å². The lowest BCUT2D eigenvalue weighted by Gasteiger charge is -2.17. The number of hydrogen-bond acceptors (Lipinski definition) is 3. The van der Waals surface area contributed by atoms with Crippen molar-refractivity contribution in [2.24, 2.45) is 0 Å². The fraction of sp³-hybridized carbons (Fsp3) is 0.471. The van der Waals surface area contributed by atoms with Crippen LogP contribution in [0.2, 0.25) is 0 Å². The van der Waals surface area contributed by atoms with E-state index in [-0.39, 0.29) is 24.4 Å². The molecular formula is C17H24O3. The van der Waals surface area contributed by atoms with Crippen LogP contribution in [-0.4, -0.2) is 17.7 Å². The van der Waals surface area contributed by atoms with E-state index in [1.807, 2.05) is 40.7 Å². The van der Waals surface area contributed by atoms with Gasteiger partial charge in [-0.3, -0.25) is 0 Å². The predicted octanol–water partition coefficient (Wildman–Crippen LogP) is 4.37. The molecule has 0 bridgehead atoms. The smallest absolute Gasteiger partial charge is 0.338 e. The largest absolute Gasteiger partial charge is 0.507 e. The Labute approximate surface area is 121 Å². The summed E-state index contributed by atoms with van der Waals surface area (Å²) >= 11 is 0. The molecule has 0 radical (unpaired) electrons. The maximum atomic E-state index is 12.0. The fourth-order valence-corrected chi connectivity index (χ4v) is 1.98. The second-order valence-corrected chi connectivity index (χ2v) is 5.48. The first-order chi connectivity index (χ1) is 9.38. The number of ether oxygens (including phenoxy) is 1. The summed E-state index contributed by atoms with van der Waals surface area (Å²) in [5, 5.41) is 10.3. The van der Waals surface area contributed by atoms with Crippen LogP contribution in [0.4, 0.5) is 0 Å². The first-order valence-corrected chi connectivity index (χ1v) is 7.03. The number of esters is 1. The molecule has 0 heterocycles. The van der Waals surface area contributed by atoms with Gasteiger partial charge in [-0.1, -0.05) is 39.8 Å². The lowest BCUT2D eigenvalue weighted by molar-refractivity contribution is 0.0549. The monoisotopic (exact) mass is 276 g/mol. The number of phenolic OH excluding ortho intramolecular Hbond substituents is 1. The number of allylic oxidation sites excluding steroid dienone is 1. The van der Waals surface area contributed by atoms with Gasteiger partial charge in [0.25, 0.3) is 0 Å². The van der Waals surface area contributed by atoms with Crippen molar-refractivity contribution in [2.75, 3.05) is 6.61 Å². The predicted molar refractivity (Wildman–Crippen MR) is 81.4 cm³/mol. The molecule has 1 aromatic rings. The van der Waals surface area contributed by atoms with Crippen molar-refractivity contribution in [1.29, 1.82) is 0 Å². The molecule has 0 saturated heterocycles. The molecule has 0 atom stereocenters. The highest BCUT2D eigenvalue weighted by molar-refractivity contribution is 5.90. The highest BCUT2D eigenvalue weighted by Crippen LogP contribution is 2.34. The van der Waals surface area contributed by atoms with E-state index in [2.05, 4.69) is 0 Å². The Morgan fingerprint density at radius 3 is 2.10 bits per heavy atom. The standard InChI is InChI=1S/C17H24O3/c1-6-7-8-20-17(19)13-9-14(11(2)3)16(18)15(10-13)12(4)5/h6-7,9-12,18H,8H2,1-5H3. The second kappa shape index (κ2) is 7.13. The maximum absolute atomic E-state index is 12.0. The van der Waals surface area contributed by atoms with Gasteiger partial charge in [0.15, 0.2) is 0 Å². The van der Waals surface area contributed by atoms with Gasteiger partial charge in [-0.25, -0.2) is 4.79 Å². The lowest BCUT2D eigenvalue weighted by Crippen LogP contribution is -2.08. The third kappa shape index (κ3) is 3.86.